The number of carbonyl (C=O) groups excluding carboxylic acids is 4. The van der Waals surface area contributed by atoms with Crippen molar-refractivity contribution in [2.24, 2.45) is 17.8 Å². The molecule has 11 heteroatoms. The number of cyclic esters (lactones) is 1. The molecule has 2 aromatic rings. The molecular weight excluding hydrogens is 648 g/mol. The molecule has 2 saturated heterocycles. The van der Waals surface area contributed by atoms with Gasteiger partial charge in [-0.3, -0.25) is 19.2 Å². The van der Waals surface area contributed by atoms with Crippen LogP contribution in [0.3, 0.4) is 0 Å². The second-order valence-corrected chi connectivity index (χ2v) is 14.2. The van der Waals surface area contributed by atoms with Crippen LogP contribution in [0.25, 0.3) is 0 Å². The third-order valence-electron chi connectivity index (χ3n) is 10.7. The van der Waals surface area contributed by atoms with Gasteiger partial charge in [-0.25, -0.2) is 0 Å². The fourth-order valence-corrected chi connectivity index (χ4v) is 8.23. The number of nitrogens with zero attached hydrogens (tertiary/aromatic N) is 3. The number of hydrogen-bond acceptors (Lipinski definition) is 8. The van der Waals surface area contributed by atoms with E-state index < -0.39 is 59.5 Å². The van der Waals surface area contributed by atoms with Crippen LogP contribution in [0.1, 0.15) is 58.6 Å². The van der Waals surface area contributed by atoms with Crippen LogP contribution >= 0.6 is 0 Å². The number of amides is 3. The minimum Gasteiger partial charge on any atom is -0.463 e. The number of anilines is 2. The molecular formula is C40H50N4O7. The van der Waals surface area contributed by atoms with Gasteiger partial charge in [0, 0.05) is 37.4 Å². The predicted octanol–water partition coefficient (Wildman–Crippen LogP) is 4.17. The molecule has 2 N–H and O–H groups in total. The van der Waals surface area contributed by atoms with Crippen LogP contribution in [0.15, 0.2) is 78.9 Å². The van der Waals surface area contributed by atoms with Gasteiger partial charge >= 0.3 is 5.97 Å². The van der Waals surface area contributed by atoms with E-state index in [-0.39, 0.29) is 38.0 Å². The average Bonchev–Trinajstić information content (AvgIpc) is 3.78. The highest BCUT2D eigenvalue weighted by atomic mass is 16.5. The Kier molecular flexibility index (Phi) is 11.0. The maximum Gasteiger partial charge on any atom is 0.306 e. The molecule has 3 amide bonds. The predicted molar refractivity (Wildman–Crippen MR) is 194 cm³/mol. The number of carbonyl (C=O) groups is 4. The average molecular weight is 699 g/mol. The molecule has 6 rings (SSSR count). The van der Waals surface area contributed by atoms with Gasteiger partial charge in [-0.15, -0.1) is 0 Å². The van der Waals surface area contributed by atoms with E-state index in [2.05, 4.69) is 24.1 Å². The van der Waals surface area contributed by atoms with Crippen LogP contribution in [0.4, 0.5) is 11.4 Å². The van der Waals surface area contributed by atoms with Crippen LogP contribution in [0.5, 0.6) is 0 Å². The first-order chi connectivity index (χ1) is 24.6. The quantitative estimate of drug-likeness (QED) is 0.295. The molecule has 51 heavy (non-hydrogen) atoms. The molecule has 0 aromatic heterocycles. The topological polar surface area (TPSA) is 129 Å². The van der Waals surface area contributed by atoms with E-state index in [0.29, 0.717) is 18.5 Å². The number of rotatable bonds is 9. The van der Waals surface area contributed by atoms with Gasteiger partial charge in [-0.1, -0.05) is 68.5 Å². The fourth-order valence-electron chi connectivity index (χ4n) is 8.23. The summed E-state index contributed by atoms with van der Waals surface area (Å²) in [6.45, 7) is 9.59. The lowest BCUT2D eigenvalue weighted by molar-refractivity contribution is -0.146. The first kappa shape index (κ1) is 36.3. The molecule has 4 aliphatic heterocycles. The van der Waals surface area contributed by atoms with Gasteiger partial charge in [0.15, 0.2) is 0 Å². The number of likely N-dealkylation sites (tertiary alicyclic amines) is 1. The van der Waals surface area contributed by atoms with Gasteiger partial charge in [-0.05, 0) is 62.4 Å². The van der Waals surface area contributed by atoms with Crippen molar-refractivity contribution >= 4 is 35.1 Å². The van der Waals surface area contributed by atoms with Gasteiger partial charge in [0.05, 0.1) is 36.6 Å². The Balaban J connectivity index is 1.45. The summed E-state index contributed by atoms with van der Waals surface area (Å²) in [7, 11) is 0. The first-order valence-corrected chi connectivity index (χ1v) is 18.3. The molecule has 0 radical (unpaired) electrons. The number of hydrogen-bond donors (Lipinski definition) is 2. The zero-order chi connectivity index (χ0) is 36.3. The molecule has 11 nitrogen and oxygen atoms in total. The summed E-state index contributed by atoms with van der Waals surface area (Å²) in [4.78, 5) is 62.5. The zero-order valence-electron chi connectivity index (χ0n) is 29.9. The normalized spacial score (nSPS) is 29.3. The largest absolute Gasteiger partial charge is 0.463 e. The molecule has 4 aliphatic rings. The Labute approximate surface area is 300 Å². The highest BCUT2D eigenvalue weighted by Gasteiger charge is 2.73. The molecule has 5 bridgehead atoms. The first-order valence-electron chi connectivity index (χ1n) is 18.3. The van der Waals surface area contributed by atoms with Crippen LogP contribution in [-0.2, 0) is 28.7 Å². The van der Waals surface area contributed by atoms with E-state index in [1.165, 1.54) is 4.90 Å². The monoisotopic (exact) mass is 698 g/mol. The second kappa shape index (κ2) is 15.4. The maximum atomic E-state index is 15.2. The van der Waals surface area contributed by atoms with Gasteiger partial charge < -0.3 is 34.6 Å². The molecule has 272 valence electrons. The van der Waals surface area contributed by atoms with Gasteiger partial charge in [0.1, 0.15) is 18.2 Å². The molecule has 2 aromatic carbocycles. The Morgan fingerprint density at radius 1 is 0.980 bits per heavy atom. The van der Waals surface area contributed by atoms with E-state index >= 15 is 4.79 Å². The summed E-state index contributed by atoms with van der Waals surface area (Å²) in [6.07, 6.45) is 7.50. The maximum absolute atomic E-state index is 15.2. The van der Waals surface area contributed by atoms with Crippen LogP contribution < -0.4 is 15.1 Å². The van der Waals surface area contributed by atoms with Crippen molar-refractivity contribution in [1.82, 2.24) is 10.2 Å². The Morgan fingerprint density at radius 2 is 1.71 bits per heavy atom. The van der Waals surface area contributed by atoms with Gasteiger partial charge in [0.25, 0.3) is 5.91 Å². The van der Waals surface area contributed by atoms with Crippen molar-refractivity contribution in [3.05, 3.63) is 84.5 Å². The van der Waals surface area contributed by atoms with Gasteiger partial charge in [-0.2, -0.15) is 0 Å². The fraction of sp³-hybridized carbons (Fsp3) is 0.500. The number of fused-ring (bicyclic) bond motifs is 2. The van der Waals surface area contributed by atoms with E-state index in [4.69, 9.17) is 9.47 Å². The van der Waals surface area contributed by atoms with E-state index in [9.17, 15) is 19.5 Å². The third-order valence-corrected chi connectivity index (χ3v) is 10.7. The zero-order valence-corrected chi connectivity index (χ0v) is 29.9. The number of nitrogens with one attached hydrogen (secondary N) is 1. The van der Waals surface area contributed by atoms with Crippen LogP contribution in [-0.4, -0.2) is 90.3 Å². The third kappa shape index (κ3) is 6.93. The highest BCUT2D eigenvalue weighted by molar-refractivity contribution is 6.05. The number of ether oxygens (including phenoxy) is 2. The Morgan fingerprint density at radius 3 is 2.37 bits per heavy atom. The molecule has 2 fully saturated rings. The summed E-state index contributed by atoms with van der Waals surface area (Å²) in [5.41, 5.74) is 0.980. The molecule has 7 atom stereocenters. The van der Waals surface area contributed by atoms with Crippen LogP contribution in [0.2, 0.25) is 0 Å². The van der Waals surface area contributed by atoms with Crippen molar-refractivity contribution in [2.45, 2.75) is 76.8 Å². The van der Waals surface area contributed by atoms with E-state index in [1.807, 2.05) is 80.6 Å². The number of benzene rings is 2. The minimum absolute atomic E-state index is 0.0817. The molecule has 1 spiro atoms. The summed E-state index contributed by atoms with van der Waals surface area (Å²) in [6, 6.07) is 14.5. The molecule has 0 saturated carbocycles. The summed E-state index contributed by atoms with van der Waals surface area (Å²) < 4.78 is 12.3. The second-order valence-electron chi connectivity index (χ2n) is 14.2. The highest BCUT2D eigenvalue weighted by Crippen LogP contribution is 2.56. The van der Waals surface area contributed by atoms with Crippen molar-refractivity contribution in [3.8, 4) is 0 Å². The van der Waals surface area contributed by atoms with E-state index in [1.54, 1.807) is 17.1 Å². The summed E-state index contributed by atoms with van der Waals surface area (Å²) >= 11 is 0. The lowest BCUT2D eigenvalue weighted by Gasteiger charge is -2.39. The summed E-state index contributed by atoms with van der Waals surface area (Å²) in [5, 5.41) is 13.8. The Bertz CT molecular complexity index is 1640. The number of aliphatic hydroxyl groups is 1. The lowest BCUT2D eigenvalue weighted by Crippen LogP contribution is -2.59. The lowest BCUT2D eigenvalue weighted by atomic mass is 9.74. The van der Waals surface area contributed by atoms with Gasteiger partial charge in [0.2, 0.25) is 11.8 Å². The molecule has 0 unspecified atom stereocenters. The molecule has 0 aliphatic carbocycles. The smallest absolute Gasteiger partial charge is 0.306 e. The standard InChI is InChI=1S/C40H50N4O7/c1-5-42(6-2)28-16-18-29(19-17-28)43-22-12-8-11-15-33(46)50-25-31(27-13-9-7-10-14-27)41-37(47)34-32-20-21-40(51-32)35(34)38(48)44(36(40)39(43)49)30(24-45)23-26(3)4/h7-10,12-14,16-21,26,30-32,34-36,45H,5-6,11,15,22-25H2,1-4H3,(H,41,47)/b12-8-/t30-,31-,32-,34+,35+,36-,40+/m1/s1. The van der Waals surface area contributed by atoms with Crippen molar-refractivity contribution < 1.29 is 33.8 Å². The molecule has 4 heterocycles. The minimum atomic E-state index is -1.42. The summed E-state index contributed by atoms with van der Waals surface area (Å²) in [5.74, 6) is -3.43. The number of aliphatic hydroxyl groups excluding tert-OH is 1. The van der Waals surface area contributed by atoms with Crippen molar-refractivity contribution in [3.63, 3.8) is 0 Å². The Hall–Kier alpha value is -4.48. The SMILES string of the molecule is CCN(CC)c1ccc(N2C/C=C\CCC(=O)OC[C@H](c3ccccc3)NC(=O)[C@@H]3[C@H]4C(=O)N([C@@H](CO)CC(C)C)[C@H](C2=O)[C@]42C=C[C@H]3O2)cc1. The van der Waals surface area contributed by atoms with Crippen LogP contribution in [0, 0.1) is 17.8 Å². The van der Waals surface area contributed by atoms with E-state index in [0.717, 1.165) is 24.3 Å². The number of allylic oxidation sites excluding steroid dienone is 1. The van der Waals surface area contributed by atoms with Crippen molar-refractivity contribution in [1.29, 1.82) is 0 Å². The number of esters is 1. The van der Waals surface area contributed by atoms with Crippen molar-refractivity contribution in [2.75, 3.05) is 42.6 Å².